The van der Waals surface area contributed by atoms with Gasteiger partial charge in [0, 0.05) is 30.1 Å². The second kappa shape index (κ2) is 10.9. The molecule has 0 saturated carbocycles. The smallest absolute Gasteiger partial charge is 0.335 e. The summed E-state index contributed by atoms with van der Waals surface area (Å²) in [5.74, 6) is -3.97. The van der Waals surface area contributed by atoms with Crippen LogP contribution in [0.1, 0.15) is 33.5 Å². The maximum atomic E-state index is 14.7. The van der Waals surface area contributed by atoms with Gasteiger partial charge in [0.15, 0.2) is 5.82 Å². The van der Waals surface area contributed by atoms with Crippen LogP contribution in [0.2, 0.25) is 5.02 Å². The monoisotopic (exact) mass is 564 g/mol. The Morgan fingerprint density at radius 1 is 1.15 bits per heavy atom. The SMILES string of the molecule is Cc1c(CC(C(=O)Nc2ccc(C(=O)O)cc2)N2CCC(c3c(F)ccc(Cl)c3F)=CC2=O)ccc2cn[nH]c12. The molecular formula is C29H23ClF2N4O4. The van der Waals surface area contributed by atoms with E-state index < -0.39 is 35.5 Å². The minimum absolute atomic E-state index is 0.0252. The fourth-order valence-corrected chi connectivity index (χ4v) is 5.03. The van der Waals surface area contributed by atoms with Gasteiger partial charge in [-0.3, -0.25) is 14.7 Å². The first-order valence-corrected chi connectivity index (χ1v) is 12.7. The first-order chi connectivity index (χ1) is 19.1. The van der Waals surface area contributed by atoms with E-state index in [9.17, 15) is 23.2 Å². The molecule has 8 nitrogen and oxygen atoms in total. The van der Waals surface area contributed by atoms with Crippen LogP contribution in [0.3, 0.4) is 0 Å². The van der Waals surface area contributed by atoms with Gasteiger partial charge in [0.2, 0.25) is 11.8 Å². The predicted molar refractivity (Wildman–Crippen MR) is 146 cm³/mol. The van der Waals surface area contributed by atoms with E-state index in [1.54, 1.807) is 6.20 Å². The molecule has 40 heavy (non-hydrogen) atoms. The van der Waals surface area contributed by atoms with Crippen LogP contribution in [-0.2, 0) is 16.0 Å². The molecule has 0 spiro atoms. The van der Waals surface area contributed by atoms with Gasteiger partial charge in [0.05, 0.1) is 27.9 Å². The van der Waals surface area contributed by atoms with Crippen molar-refractivity contribution in [1.29, 1.82) is 0 Å². The van der Waals surface area contributed by atoms with Crippen LogP contribution in [0.25, 0.3) is 16.5 Å². The van der Waals surface area contributed by atoms with Gasteiger partial charge in [0.1, 0.15) is 11.9 Å². The Morgan fingerprint density at radius 2 is 1.90 bits per heavy atom. The summed E-state index contributed by atoms with van der Waals surface area (Å²) >= 11 is 5.85. The van der Waals surface area contributed by atoms with Crippen LogP contribution in [0.5, 0.6) is 0 Å². The number of hydrogen-bond acceptors (Lipinski definition) is 4. The lowest BCUT2D eigenvalue weighted by molar-refractivity contribution is -0.135. The molecule has 2 heterocycles. The Kier molecular flexibility index (Phi) is 7.36. The zero-order chi connectivity index (χ0) is 28.6. The lowest BCUT2D eigenvalue weighted by Gasteiger charge is -2.34. The number of aromatic amines is 1. The number of aromatic nitrogens is 2. The highest BCUT2D eigenvalue weighted by Crippen LogP contribution is 2.32. The number of fused-ring (bicyclic) bond motifs is 1. The molecule has 1 aliphatic rings. The molecule has 1 aromatic heterocycles. The number of hydrogen-bond donors (Lipinski definition) is 3. The van der Waals surface area contributed by atoms with Gasteiger partial charge in [-0.05, 0) is 66.4 Å². The third-order valence-corrected chi connectivity index (χ3v) is 7.34. The van der Waals surface area contributed by atoms with Crippen LogP contribution in [0, 0.1) is 18.6 Å². The number of halogens is 3. The number of benzene rings is 3. The van der Waals surface area contributed by atoms with Crippen molar-refractivity contribution in [1.82, 2.24) is 15.1 Å². The molecule has 0 bridgehead atoms. The third kappa shape index (κ3) is 5.17. The lowest BCUT2D eigenvalue weighted by Crippen LogP contribution is -2.50. The van der Waals surface area contributed by atoms with Gasteiger partial charge in [-0.1, -0.05) is 23.7 Å². The number of aryl methyl sites for hydroxylation is 1. The number of amides is 2. The maximum Gasteiger partial charge on any atom is 0.335 e. The third-order valence-electron chi connectivity index (χ3n) is 7.05. The zero-order valence-corrected chi connectivity index (χ0v) is 21.9. The van der Waals surface area contributed by atoms with Crippen LogP contribution < -0.4 is 5.32 Å². The molecule has 0 fully saturated rings. The van der Waals surface area contributed by atoms with Crippen LogP contribution >= 0.6 is 11.6 Å². The quantitative estimate of drug-likeness (QED) is 0.261. The Morgan fingerprint density at radius 3 is 2.60 bits per heavy atom. The number of nitrogens with one attached hydrogen (secondary N) is 2. The van der Waals surface area contributed by atoms with Crippen molar-refractivity contribution in [3.05, 3.63) is 99.7 Å². The largest absolute Gasteiger partial charge is 0.478 e. The highest BCUT2D eigenvalue weighted by Gasteiger charge is 2.33. The summed E-state index contributed by atoms with van der Waals surface area (Å²) in [5.41, 5.74) is 2.67. The minimum Gasteiger partial charge on any atom is -0.478 e. The van der Waals surface area contributed by atoms with E-state index in [1.807, 2.05) is 19.1 Å². The molecule has 3 N–H and O–H groups in total. The summed E-state index contributed by atoms with van der Waals surface area (Å²) in [4.78, 5) is 39.5. The Balaban J connectivity index is 1.48. The average molecular weight is 565 g/mol. The summed E-state index contributed by atoms with van der Waals surface area (Å²) in [6, 6.07) is 10.5. The zero-order valence-electron chi connectivity index (χ0n) is 21.2. The van der Waals surface area contributed by atoms with E-state index in [4.69, 9.17) is 16.7 Å². The Bertz CT molecular complexity index is 1680. The summed E-state index contributed by atoms with van der Waals surface area (Å²) < 4.78 is 29.2. The lowest BCUT2D eigenvalue weighted by atomic mass is 9.94. The normalized spacial score (nSPS) is 14.2. The molecule has 11 heteroatoms. The van der Waals surface area contributed by atoms with Gasteiger partial charge in [-0.15, -0.1) is 0 Å². The topological polar surface area (TPSA) is 115 Å². The van der Waals surface area contributed by atoms with Crippen molar-refractivity contribution >= 4 is 51.5 Å². The standard InChI is InChI=1S/C29H23ClF2N4O4/c1-15-17(2-3-19-14-33-35-27(15)19)12-23(28(38)34-20-6-4-16(5-7-20)29(39)40)36-11-10-18(13-24(36)37)25-22(31)9-8-21(30)26(25)32/h2-9,13-14,23H,10-12H2,1H3,(H,33,35)(H,34,38)(H,39,40). The number of nitrogens with zero attached hydrogens (tertiary/aromatic N) is 2. The van der Waals surface area contributed by atoms with Crippen molar-refractivity contribution < 1.29 is 28.3 Å². The predicted octanol–water partition coefficient (Wildman–Crippen LogP) is 5.37. The van der Waals surface area contributed by atoms with Crippen molar-refractivity contribution in [2.45, 2.75) is 25.8 Å². The number of aromatic carboxylic acids is 1. The summed E-state index contributed by atoms with van der Waals surface area (Å²) in [6.07, 6.45) is 3.06. The van der Waals surface area contributed by atoms with Crippen molar-refractivity contribution in [2.75, 3.05) is 11.9 Å². The molecule has 0 radical (unpaired) electrons. The first kappa shape index (κ1) is 27.0. The van der Waals surface area contributed by atoms with Crippen LogP contribution in [0.4, 0.5) is 14.5 Å². The molecule has 5 rings (SSSR count). The molecule has 2 amide bonds. The fourth-order valence-electron chi connectivity index (χ4n) is 4.88. The van der Waals surface area contributed by atoms with Gasteiger partial charge < -0.3 is 15.3 Å². The Labute approximate surface area is 232 Å². The first-order valence-electron chi connectivity index (χ1n) is 12.3. The molecule has 204 valence electrons. The second-order valence-corrected chi connectivity index (χ2v) is 9.85. The number of carbonyl (C=O) groups excluding carboxylic acids is 2. The molecule has 0 saturated heterocycles. The summed E-state index contributed by atoms with van der Waals surface area (Å²) in [5, 5.41) is 19.6. The second-order valence-electron chi connectivity index (χ2n) is 9.44. The van der Waals surface area contributed by atoms with Crippen molar-refractivity contribution in [3.8, 4) is 0 Å². The highest BCUT2D eigenvalue weighted by atomic mass is 35.5. The number of rotatable bonds is 7. The van der Waals surface area contributed by atoms with Crippen molar-refractivity contribution in [3.63, 3.8) is 0 Å². The van der Waals surface area contributed by atoms with Crippen molar-refractivity contribution in [2.24, 2.45) is 0 Å². The van der Waals surface area contributed by atoms with E-state index in [0.717, 1.165) is 40.2 Å². The van der Waals surface area contributed by atoms with E-state index in [1.165, 1.54) is 29.2 Å². The van der Waals surface area contributed by atoms with Gasteiger partial charge in [-0.25, -0.2) is 13.6 Å². The molecule has 0 aliphatic carbocycles. The molecule has 3 aromatic carbocycles. The van der Waals surface area contributed by atoms with E-state index in [-0.39, 0.29) is 41.1 Å². The summed E-state index contributed by atoms with van der Waals surface area (Å²) in [6.45, 7) is 1.91. The number of carboxylic acids is 1. The molecule has 1 unspecified atom stereocenters. The molecule has 4 aromatic rings. The van der Waals surface area contributed by atoms with Gasteiger partial charge in [-0.2, -0.15) is 5.10 Å². The molecule has 1 atom stereocenters. The highest BCUT2D eigenvalue weighted by molar-refractivity contribution is 6.31. The van der Waals surface area contributed by atoms with Crippen LogP contribution in [0.15, 0.2) is 60.8 Å². The van der Waals surface area contributed by atoms with Gasteiger partial charge >= 0.3 is 5.97 Å². The fraction of sp³-hybridized carbons (Fsp3) is 0.172. The summed E-state index contributed by atoms with van der Waals surface area (Å²) in [7, 11) is 0. The number of carbonyl (C=O) groups is 3. The van der Waals surface area contributed by atoms with Gasteiger partial charge in [0.25, 0.3) is 0 Å². The molecule has 1 aliphatic heterocycles. The Hall–Kier alpha value is -4.57. The number of anilines is 1. The van der Waals surface area contributed by atoms with E-state index in [0.29, 0.717) is 5.69 Å². The number of carboxylic acid groups (broad SMARTS) is 1. The minimum atomic E-state index is -1.10. The maximum absolute atomic E-state index is 14.7. The number of H-pyrrole nitrogens is 1. The van der Waals surface area contributed by atoms with Crippen LogP contribution in [-0.4, -0.2) is 50.6 Å². The molecular weight excluding hydrogens is 542 g/mol. The average Bonchev–Trinajstić information content (AvgIpc) is 3.41. The van der Waals surface area contributed by atoms with E-state index in [2.05, 4.69) is 15.5 Å². The van der Waals surface area contributed by atoms with E-state index >= 15 is 0 Å².